The van der Waals surface area contributed by atoms with E-state index in [4.69, 9.17) is 4.74 Å². The fraction of sp³-hybridized carbons (Fsp3) is 0.286. The Bertz CT molecular complexity index is 936. The first kappa shape index (κ1) is 21.8. The predicted octanol–water partition coefficient (Wildman–Crippen LogP) is 0.214. The minimum Gasteiger partial charge on any atom is -0.508 e. The van der Waals surface area contributed by atoms with Crippen LogP contribution in [0, 0.1) is 0 Å². The Balaban J connectivity index is 1.93. The minimum atomic E-state index is -1.74. The lowest BCUT2D eigenvalue weighted by atomic mass is 9.89. The first-order valence-corrected chi connectivity index (χ1v) is 9.11. The zero-order valence-corrected chi connectivity index (χ0v) is 15.7. The summed E-state index contributed by atoms with van der Waals surface area (Å²) >= 11 is 0. The molecule has 7 N–H and O–H groups in total. The van der Waals surface area contributed by atoms with Gasteiger partial charge in [-0.3, -0.25) is 4.79 Å². The number of rotatable bonds is 5. The smallest absolute Gasteiger partial charge is 0.189 e. The fourth-order valence-corrected chi connectivity index (χ4v) is 3.26. The highest BCUT2D eigenvalue weighted by molar-refractivity contribution is 6.09. The number of ketones is 1. The number of aliphatic hydroxyl groups excluding tert-OH is 4. The van der Waals surface area contributed by atoms with E-state index in [1.165, 1.54) is 30.4 Å². The van der Waals surface area contributed by atoms with Crippen molar-refractivity contribution in [1.29, 1.82) is 0 Å². The number of allylic oxidation sites excluding steroid dienone is 1. The summed E-state index contributed by atoms with van der Waals surface area (Å²) in [6.07, 6.45) is -5.18. The van der Waals surface area contributed by atoms with Crippen molar-refractivity contribution < 1.29 is 45.3 Å². The average Bonchev–Trinajstić information content (AvgIpc) is 2.73. The molecule has 2 aromatic rings. The summed E-state index contributed by atoms with van der Waals surface area (Å²) in [4.78, 5) is 12.6. The molecule has 2 aromatic carbocycles. The van der Waals surface area contributed by atoms with E-state index >= 15 is 0 Å². The molecule has 0 bridgehead atoms. The normalized spacial score (nSPS) is 26.7. The predicted molar refractivity (Wildman–Crippen MR) is 104 cm³/mol. The van der Waals surface area contributed by atoms with Crippen LogP contribution in [0.1, 0.15) is 27.6 Å². The van der Waals surface area contributed by atoms with Gasteiger partial charge in [0.1, 0.15) is 47.8 Å². The Hall–Kier alpha value is -2.95. The van der Waals surface area contributed by atoms with E-state index in [-0.39, 0.29) is 16.9 Å². The van der Waals surface area contributed by atoms with Crippen LogP contribution in [0.5, 0.6) is 17.2 Å². The second-order valence-corrected chi connectivity index (χ2v) is 6.93. The monoisotopic (exact) mass is 418 g/mol. The van der Waals surface area contributed by atoms with E-state index in [0.717, 1.165) is 6.07 Å². The first-order chi connectivity index (χ1) is 14.2. The maximum Gasteiger partial charge on any atom is 0.189 e. The van der Waals surface area contributed by atoms with Crippen LogP contribution in [0.15, 0.2) is 42.5 Å². The lowest BCUT2D eigenvalue weighted by Gasteiger charge is -2.40. The van der Waals surface area contributed by atoms with Crippen LogP contribution >= 0.6 is 0 Å². The molecular formula is C21H22O9. The number of phenolic OH excluding ortho intramolecular Hbond substituents is 3. The van der Waals surface area contributed by atoms with Crippen molar-refractivity contribution >= 4 is 11.9 Å². The summed E-state index contributed by atoms with van der Waals surface area (Å²) < 4.78 is 5.37. The van der Waals surface area contributed by atoms with Gasteiger partial charge in [-0.1, -0.05) is 18.2 Å². The maximum atomic E-state index is 12.6. The lowest BCUT2D eigenvalue weighted by Crippen LogP contribution is -2.55. The summed E-state index contributed by atoms with van der Waals surface area (Å²) in [6.45, 7) is -0.684. The molecule has 0 amide bonds. The van der Waals surface area contributed by atoms with E-state index in [2.05, 4.69) is 0 Å². The van der Waals surface area contributed by atoms with Crippen molar-refractivity contribution in [3.05, 3.63) is 59.2 Å². The highest BCUT2D eigenvalue weighted by Gasteiger charge is 2.46. The molecule has 1 saturated heterocycles. The van der Waals surface area contributed by atoms with Crippen molar-refractivity contribution in [3.63, 3.8) is 0 Å². The Kier molecular flexibility index (Phi) is 6.40. The van der Waals surface area contributed by atoms with Gasteiger partial charge in [-0.25, -0.2) is 0 Å². The second-order valence-electron chi connectivity index (χ2n) is 6.93. The van der Waals surface area contributed by atoms with Gasteiger partial charge in [-0.15, -0.1) is 0 Å². The van der Waals surface area contributed by atoms with Crippen LogP contribution in [0.3, 0.4) is 0 Å². The minimum absolute atomic E-state index is 0.0684. The lowest BCUT2D eigenvalue weighted by molar-refractivity contribution is -0.232. The molecule has 0 unspecified atom stereocenters. The zero-order valence-electron chi connectivity index (χ0n) is 15.7. The van der Waals surface area contributed by atoms with E-state index in [1.807, 2.05) is 0 Å². The van der Waals surface area contributed by atoms with Gasteiger partial charge in [-0.2, -0.15) is 0 Å². The van der Waals surface area contributed by atoms with Gasteiger partial charge < -0.3 is 40.5 Å². The molecule has 0 saturated carbocycles. The number of hydrogen-bond donors (Lipinski definition) is 7. The van der Waals surface area contributed by atoms with Crippen LogP contribution in [0.2, 0.25) is 0 Å². The number of ether oxygens (including phenoxy) is 1. The van der Waals surface area contributed by atoms with Crippen LogP contribution in [0.4, 0.5) is 0 Å². The van der Waals surface area contributed by atoms with E-state index in [1.54, 1.807) is 12.1 Å². The molecule has 9 nitrogen and oxygen atoms in total. The molecule has 0 aromatic heterocycles. The van der Waals surface area contributed by atoms with Crippen LogP contribution < -0.4 is 0 Å². The number of carbonyl (C=O) groups is 1. The summed E-state index contributed by atoms with van der Waals surface area (Å²) in [5.41, 5.74) is 0.0687. The standard InChI is InChI=1S/C21H22O9/c22-9-15-18(27)19(28)20(29)21(30-15)16-14(25)8-6-12(17(16)26)13(24)7-3-10-1-4-11(23)5-2-10/h1-8,15,18-23,25-29H,9H2/t15-,18-,19+,20-,21+/m0/s1. The zero-order chi connectivity index (χ0) is 22.0. The Labute approximate surface area is 171 Å². The Morgan fingerprint density at radius 2 is 1.60 bits per heavy atom. The quantitative estimate of drug-likeness (QED) is 0.265. The Morgan fingerprint density at radius 1 is 0.933 bits per heavy atom. The van der Waals surface area contributed by atoms with Gasteiger partial charge in [0.25, 0.3) is 0 Å². The molecule has 0 aliphatic carbocycles. The number of aliphatic hydroxyl groups is 4. The van der Waals surface area contributed by atoms with Gasteiger partial charge in [0.2, 0.25) is 0 Å². The van der Waals surface area contributed by atoms with Gasteiger partial charge in [0.05, 0.1) is 17.7 Å². The molecule has 30 heavy (non-hydrogen) atoms. The summed E-state index contributed by atoms with van der Waals surface area (Å²) in [6, 6.07) is 8.35. The van der Waals surface area contributed by atoms with Crippen LogP contribution in [-0.2, 0) is 4.74 Å². The fourth-order valence-electron chi connectivity index (χ4n) is 3.26. The molecule has 1 aliphatic rings. The van der Waals surface area contributed by atoms with Gasteiger partial charge in [0.15, 0.2) is 5.78 Å². The molecule has 0 spiro atoms. The van der Waals surface area contributed by atoms with E-state index in [0.29, 0.717) is 5.56 Å². The molecule has 9 heteroatoms. The largest absolute Gasteiger partial charge is 0.508 e. The highest BCUT2D eigenvalue weighted by Crippen LogP contribution is 2.42. The van der Waals surface area contributed by atoms with Crippen LogP contribution in [0.25, 0.3) is 6.08 Å². The number of carbonyl (C=O) groups excluding carboxylic acids is 1. The third-order valence-electron chi connectivity index (χ3n) is 4.96. The molecule has 1 heterocycles. The van der Waals surface area contributed by atoms with E-state index < -0.39 is 54.4 Å². The van der Waals surface area contributed by atoms with Gasteiger partial charge in [0, 0.05) is 0 Å². The SMILES string of the molecule is O=C(C=Cc1ccc(O)cc1)c1ccc(O)c([C@H]2O[C@@H](CO)[C@H](O)[C@@H](O)[C@@H]2O)c1O. The molecule has 0 radical (unpaired) electrons. The van der Waals surface area contributed by atoms with Crippen molar-refractivity contribution in [2.45, 2.75) is 30.5 Å². The van der Waals surface area contributed by atoms with Crippen LogP contribution in [-0.4, -0.2) is 72.6 Å². The second kappa shape index (κ2) is 8.82. The third-order valence-corrected chi connectivity index (χ3v) is 4.96. The number of hydrogen-bond acceptors (Lipinski definition) is 9. The molecule has 1 aliphatic heterocycles. The molecule has 1 fully saturated rings. The third kappa shape index (κ3) is 4.16. The highest BCUT2D eigenvalue weighted by atomic mass is 16.5. The average molecular weight is 418 g/mol. The topological polar surface area (TPSA) is 168 Å². The van der Waals surface area contributed by atoms with E-state index in [9.17, 15) is 40.5 Å². The number of phenols is 3. The molecular weight excluding hydrogens is 396 g/mol. The summed E-state index contributed by atoms with van der Waals surface area (Å²) in [7, 11) is 0. The van der Waals surface area contributed by atoms with Gasteiger partial charge in [-0.05, 0) is 35.9 Å². The van der Waals surface area contributed by atoms with Crippen molar-refractivity contribution in [1.82, 2.24) is 0 Å². The number of benzene rings is 2. The first-order valence-electron chi connectivity index (χ1n) is 9.11. The molecule has 160 valence electrons. The summed E-state index contributed by atoms with van der Waals surface area (Å²) in [5, 5.41) is 69.6. The summed E-state index contributed by atoms with van der Waals surface area (Å²) in [5.74, 6) is -1.72. The molecule has 5 atom stereocenters. The van der Waals surface area contributed by atoms with Crippen molar-refractivity contribution in [3.8, 4) is 17.2 Å². The maximum absolute atomic E-state index is 12.6. The van der Waals surface area contributed by atoms with Gasteiger partial charge >= 0.3 is 0 Å². The number of aromatic hydroxyl groups is 3. The molecule has 3 rings (SSSR count). The van der Waals surface area contributed by atoms with Crippen molar-refractivity contribution in [2.75, 3.05) is 6.61 Å². The Morgan fingerprint density at radius 3 is 2.23 bits per heavy atom. The van der Waals surface area contributed by atoms with Crippen molar-refractivity contribution in [2.24, 2.45) is 0 Å².